The number of rotatable bonds is 5. The summed E-state index contributed by atoms with van der Waals surface area (Å²) in [6, 6.07) is 9.92. The highest BCUT2D eigenvalue weighted by atomic mass is 32.1. The molecule has 1 aliphatic rings. The molecule has 1 aromatic carbocycles. The fraction of sp³-hybridized carbons (Fsp3) is 0.450. The number of benzene rings is 1. The number of carbonyl (C=O) groups is 2. The standard InChI is InChI=1S/C20H24N2O3S/c1-14-8-10-16(11-9-14)22(2)18(23)12-25-20(24)17-13-26-19(21-17)15-6-4-3-5-7-15/h3-7,13-14,16H,8-12H2,1-2H3. The molecule has 1 aromatic heterocycles. The molecule has 26 heavy (non-hydrogen) atoms. The molecule has 0 spiro atoms. The van der Waals surface area contributed by atoms with Crippen molar-refractivity contribution in [2.75, 3.05) is 13.7 Å². The van der Waals surface area contributed by atoms with Crippen LogP contribution in [0.1, 0.15) is 43.1 Å². The molecule has 2 aromatic rings. The lowest BCUT2D eigenvalue weighted by Crippen LogP contribution is -2.41. The maximum Gasteiger partial charge on any atom is 0.358 e. The van der Waals surface area contributed by atoms with Crippen LogP contribution in [-0.4, -0.2) is 41.5 Å². The quantitative estimate of drug-likeness (QED) is 0.744. The fourth-order valence-corrected chi connectivity index (χ4v) is 4.01. The molecular formula is C20H24N2O3S. The van der Waals surface area contributed by atoms with Gasteiger partial charge in [-0.05, 0) is 31.6 Å². The summed E-state index contributed by atoms with van der Waals surface area (Å²) in [5.74, 6) is 0.0231. The average Bonchev–Trinajstić information content (AvgIpc) is 3.17. The van der Waals surface area contributed by atoms with E-state index in [4.69, 9.17) is 4.74 Å². The second-order valence-corrected chi connectivity index (χ2v) is 7.76. The van der Waals surface area contributed by atoms with E-state index in [9.17, 15) is 9.59 Å². The summed E-state index contributed by atoms with van der Waals surface area (Å²) in [7, 11) is 1.80. The van der Waals surface area contributed by atoms with E-state index >= 15 is 0 Å². The van der Waals surface area contributed by atoms with Crippen molar-refractivity contribution in [3.8, 4) is 10.6 Å². The van der Waals surface area contributed by atoms with Crippen molar-refractivity contribution in [2.24, 2.45) is 5.92 Å². The van der Waals surface area contributed by atoms with E-state index in [1.54, 1.807) is 17.3 Å². The van der Waals surface area contributed by atoms with Gasteiger partial charge in [0, 0.05) is 24.0 Å². The SMILES string of the molecule is CC1CCC(N(C)C(=O)COC(=O)c2csc(-c3ccccc3)n2)CC1. The zero-order valence-corrected chi connectivity index (χ0v) is 16.0. The van der Waals surface area contributed by atoms with Crippen LogP contribution >= 0.6 is 11.3 Å². The predicted molar refractivity (Wildman–Crippen MR) is 102 cm³/mol. The van der Waals surface area contributed by atoms with Crippen LogP contribution in [0.15, 0.2) is 35.7 Å². The molecule has 0 bridgehead atoms. The Bertz CT molecular complexity index is 751. The number of nitrogens with zero attached hydrogens (tertiary/aromatic N) is 2. The van der Waals surface area contributed by atoms with Crippen LogP contribution in [0.4, 0.5) is 0 Å². The van der Waals surface area contributed by atoms with Crippen molar-refractivity contribution in [1.82, 2.24) is 9.88 Å². The first-order valence-electron chi connectivity index (χ1n) is 8.98. The lowest BCUT2D eigenvalue weighted by molar-refractivity contribution is -0.136. The second kappa shape index (κ2) is 8.45. The molecule has 1 saturated carbocycles. The molecule has 5 nitrogen and oxygen atoms in total. The summed E-state index contributed by atoms with van der Waals surface area (Å²) in [6.45, 7) is 2.01. The fourth-order valence-electron chi connectivity index (χ4n) is 3.22. The van der Waals surface area contributed by atoms with Crippen molar-refractivity contribution >= 4 is 23.2 Å². The highest BCUT2D eigenvalue weighted by Crippen LogP contribution is 2.26. The molecule has 1 aliphatic carbocycles. The Kier molecular flexibility index (Phi) is 6.04. The van der Waals surface area contributed by atoms with Crippen molar-refractivity contribution < 1.29 is 14.3 Å². The van der Waals surface area contributed by atoms with Gasteiger partial charge < -0.3 is 9.64 Å². The average molecular weight is 372 g/mol. The predicted octanol–water partition coefficient (Wildman–Crippen LogP) is 4.00. The van der Waals surface area contributed by atoms with Gasteiger partial charge in [-0.3, -0.25) is 4.79 Å². The minimum atomic E-state index is -0.553. The molecule has 138 valence electrons. The topological polar surface area (TPSA) is 59.5 Å². The minimum absolute atomic E-state index is 0.156. The van der Waals surface area contributed by atoms with Crippen LogP contribution in [0.25, 0.3) is 10.6 Å². The summed E-state index contributed by atoms with van der Waals surface area (Å²) in [5, 5.41) is 2.43. The van der Waals surface area contributed by atoms with Crippen LogP contribution in [0, 0.1) is 5.92 Å². The van der Waals surface area contributed by atoms with Gasteiger partial charge in [0.05, 0.1) is 0 Å². The number of aromatic nitrogens is 1. The molecule has 3 rings (SSSR count). The third kappa shape index (κ3) is 4.49. The molecule has 1 amide bonds. The van der Waals surface area contributed by atoms with Crippen LogP contribution in [-0.2, 0) is 9.53 Å². The summed E-state index contributed by atoms with van der Waals surface area (Å²) in [4.78, 5) is 30.6. The van der Waals surface area contributed by atoms with Gasteiger partial charge in [0.25, 0.3) is 5.91 Å². The Morgan fingerprint density at radius 3 is 2.58 bits per heavy atom. The van der Waals surface area contributed by atoms with Gasteiger partial charge in [0.1, 0.15) is 5.01 Å². The van der Waals surface area contributed by atoms with E-state index in [2.05, 4.69) is 11.9 Å². The highest BCUT2D eigenvalue weighted by Gasteiger charge is 2.25. The highest BCUT2D eigenvalue weighted by molar-refractivity contribution is 7.13. The molecule has 0 N–H and O–H groups in total. The third-order valence-corrected chi connectivity index (χ3v) is 5.88. The number of thiazole rings is 1. The number of likely N-dealkylation sites (N-methyl/N-ethyl adjacent to an activating group) is 1. The number of hydrogen-bond donors (Lipinski definition) is 0. The Balaban J connectivity index is 1.52. The molecule has 6 heteroatoms. The second-order valence-electron chi connectivity index (χ2n) is 6.90. The van der Waals surface area contributed by atoms with Crippen LogP contribution in [0.3, 0.4) is 0 Å². The van der Waals surface area contributed by atoms with Gasteiger partial charge in [0.15, 0.2) is 12.3 Å². The number of hydrogen-bond acceptors (Lipinski definition) is 5. The first kappa shape index (κ1) is 18.6. The first-order valence-corrected chi connectivity index (χ1v) is 9.86. The Hall–Kier alpha value is -2.21. The Morgan fingerprint density at radius 1 is 1.19 bits per heavy atom. The van der Waals surface area contributed by atoms with E-state index in [1.165, 1.54) is 11.3 Å². The molecule has 0 saturated heterocycles. The molecule has 0 atom stereocenters. The molecule has 0 aliphatic heterocycles. The van der Waals surface area contributed by atoms with Crippen LogP contribution in [0.2, 0.25) is 0 Å². The van der Waals surface area contributed by atoms with Crippen molar-refractivity contribution in [1.29, 1.82) is 0 Å². The van der Waals surface area contributed by atoms with Gasteiger partial charge >= 0.3 is 5.97 Å². The maximum absolute atomic E-state index is 12.3. The number of amides is 1. The van der Waals surface area contributed by atoms with Gasteiger partial charge in [-0.2, -0.15) is 0 Å². The Morgan fingerprint density at radius 2 is 1.88 bits per heavy atom. The smallest absolute Gasteiger partial charge is 0.358 e. The zero-order chi connectivity index (χ0) is 18.5. The molecule has 1 fully saturated rings. The first-order chi connectivity index (χ1) is 12.5. The number of esters is 1. The van der Waals surface area contributed by atoms with Crippen molar-refractivity contribution in [3.63, 3.8) is 0 Å². The van der Waals surface area contributed by atoms with Gasteiger partial charge in [-0.1, -0.05) is 37.3 Å². The minimum Gasteiger partial charge on any atom is -0.451 e. The van der Waals surface area contributed by atoms with E-state index in [1.807, 2.05) is 30.3 Å². The van der Waals surface area contributed by atoms with E-state index in [-0.39, 0.29) is 24.2 Å². The molecular weight excluding hydrogens is 348 g/mol. The van der Waals surface area contributed by atoms with Crippen LogP contribution in [0.5, 0.6) is 0 Å². The molecule has 0 unspecified atom stereocenters. The lowest BCUT2D eigenvalue weighted by atomic mass is 9.87. The summed E-state index contributed by atoms with van der Waals surface area (Å²) < 4.78 is 5.19. The summed E-state index contributed by atoms with van der Waals surface area (Å²) in [6.07, 6.45) is 4.32. The summed E-state index contributed by atoms with van der Waals surface area (Å²) >= 11 is 1.39. The summed E-state index contributed by atoms with van der Waals surface area (Å²) in [5.41, 5.74) is 1.20. The molecule has 1 heterocycles. The normalized spacial score (nSPS) is 19.8. The third-order valence-electron chi connectivity index (χ3n) is 4.99. The number of ether oxygens (including phenoxy) is 1. The number of carbonyl (C=O) groups excluding carboxylic acids is 2. The van der Waals surface area contributed by atoms with E-state index < -0.39 is 5.97 Å². The monoisotopic (exact) mass is 372 g/mol. The van der Waals surface area contributed by atoms with Gasteiger partial charge in [0.2, 0.25) is 0 Å². The van der Waals surface area contributed by atoms with Gasteiger partial charge in [-0.25, -0.2) is 9.78 Å². The van der Waals surface area contributed by atoms with Gasteiger partial charge in [-0.15, -0.1) is 11.3 Å². The molecule has 0 radical (unpaired) electrons. The zero-order valence-electron chi connectivity index (χ0n) is 15.2. The van der Waals surface area contributed by atoms with E-state index in [0.29, 0.717) is 0 Å². The van der Waals surface area contributed by atoms with E-state index in [0.717, 1.165) is 42.2 Å². The van der Waals surface area contributed by atoms with Crippen molar-refractivity contribution in [2.45, 2.75) is 38.6 Å². The maximum atomic E-state index is 12.3. The van der Waals surface area contributed by atoms with Crippen LogP contribution < -0.4 is 0 Å². The Labute approximate surface area is 158 Å². The van der Waals surface area contributed by atoms with Crippen molar-refractivity contribution in [3.05, 3.63) is 41.4 Å². The largest absolute Gasteiger partial charge is 0.451 e. The lowest BCUT2D eigenvalue weighted by Gasteiger charge is -2.33.